The van der Waals surface area contributed by atoms with Crippen LogP contribution in [0.15, 0.2) is 29.4 Å². The summed E-state index contributed by atoms with van der Waals surface area (Å²) in [6.45, 7) is 10.0. The van der Waals surface area contributed by atoms with E-state index in [0.717, 1.165) is 70.9 Å². The van der Waals surface area contributed by atoms with Crippen LogP contribution in [0.5, 0.6) is 0 Å². The number of H-pyrrole nitrogens is 1. The molecule has 1 aliphatic carbocycles. The van der Waals surface area contributed by atoms with Gasteiger partial charge in [0.1, 0.15) is 0 Å². The number of piperazine rings is 1. The summed E-state index contributed by atoms with van der Waals surface area (Å²) in [6, 6.07) is 6.98. The maximum atomic E-state index is 12.1. The molecule has 7 nitrogen and oxygen atoms in total. The van der Waals surface area contributed by atoms with Crippen molar-refractivity contribution >= 4 is 46.7 Å². The van der Waals surface area contributed by atoms with Crippen molar-refractivity contribution in [2.45, 2.75) is 45.6 Å². The molecule has 2 fully saturated rings. The highest BCUT2D eigenvalue weighted by molar-refractivity contribution is 14.0. The Morgan fingerprint density at radius 1 is 1.16 bits per heavy atom. The minimum atomic E-state index is 0. The number of halogens is 1. The summed E-state index contributed by atoms with van der Waals surface area (Å²) >= 11 is 0. The Morgan fingerprint density at radius 3 is 2.62 bits per heavy atom. The second-order valence-corrected chi connectivity index (χ2v) is 8.60. The first kappa shape index (κ1) is 24.8. The highest BCUT2D eigenvalue weighted by Crippen LogP contribution is 2.22. The molecule has 0 radical (unpaired) electrons. The van der Waals surface area contributed by atoms with Gasteiger partial charge in [0.05, 0.1) is 6.54 Å². The molecule has 1 amide bonds. The third-order valence-electron chi connectivity index (χ3n) is 6.23. The Kier molecular flexibility index (Phi) is 9.22. The van der Waals surface area contributed by atoms with Crippen molar-refractivity contribution in [3.8, 4) is 0 Å². The average Bonchev–Trinajstić information content (AvgIpc) is 3.50. The van der Waals surface area contributed by atoms with Gasteiger partial charge in [-0.05, 0) is 43.7 Å². The third kappa shape index (κ3) is 6.37. The number of nitrogens with zero attached hydrogens (tertiary/aromatic N) is 3. The minimum absolute atomic E-state index is 0. The molecule has 1 saturated carbocycles. The zero-order valence-electron chi connectivity index (χ0n) is 19.3. The summed E-state index contributed by atoms with van der Waals surface area (Å²) in [4.78, 5) is 25.0. The molecule has 1 aromatic carbocycles. The van der Waals surface area contributed by atoms with Crippen LogP contribution in [0.1, 0.15) is 37.8 Å². The van der Waals surface area contributed by atoms with Crippen LogP contribution in [0.25, 0.3) is 10.9 Å². The number of aryl methyl sites for hydroxylation is 1. The van der Waals surface area contributed by atoms with E-state index in [-0.39, 0.29) is 29.9 Å². The fraction of sp³-hybridized carbons (Fsp3) is 0.583. The van der Waals surface area contributed by atoms with Crippen molar-refractivity contribution in [3.05, 3.63) is 35.5 Å². The molecule has 8 heteroatoms. The molecule has 32 heavy (non-hydrogen) atoms. The van der Waals surface area contributed by atoms with Gasteiger partial charge < -0.3 is 20.5 Å². The number of aromatic nitrogens is 1. The molecular formula is C24H37IN6O. The molecule has 2 heterocycles. The van der Waals surface area contributed by atoms with Crippen LogP contribution in [0.3, 0.4) is 0 Å². The van der Waals surface area contributed by atoms with Gasteiger partial charge in [-0.2, -0.15) is 0 Å². The van der Waals surface area contributed by atoms with Crippen molar-refractivity contribution in [2.24, 2.45) is 4.99 Å². The Hall–Kier alpha value is -1.81. The van der Waals surface area contributed by atoms with Gasteiger partial charge in [-0.1, -0.05) is 25.1 Å². The fourth-order valence-corrected chi connectivity index (χ4v) is 4.31. The molecule has 0 spiro atoms. The average molecular weight is 553 g/mol. The van der Waals surface area contributed by atoms with Gasteiger partial charge >= 0.3 is 0 Å². The van der Waals surface area contributed by atoms with E-state index in [0.29, 0.717) is 12.6 Å². The topological polar surface area (TPSA) is 75.8 Å². The molecule has 2 aliphatic rings. The van der Waals surface area contributed by atoms with Crippen molar-refractivity contribution in [2.75, 3.05) is 45.8 Å². The Balaban J connectivity index is 0.00000289. The number of fused-ring (bicyclic) bond motifs is 1. The summed E-state index contributed by atoms with van der Waals surface area (Å²) in [7, 11) is 0. The molecule has 176 valence electrons. The Morgan fingerprint density at radius 2 is 1.94 bits per heavy atom. The Bertz CT molecular complexity index is 914. The molecule has 1 saturated heterocycles. The molecule has 0 unspecified atom stereocenters. The number of hydrogen-bond acceptors (Lipinski definition) is 3. The van der Waals surface area contributed by atoms with Gasteiger partial charge in [0.25, 0.3) is 0 Å². The third-order valence-corrected chi connectivity index (χ3v) is 6.23. The van der Waals surface area contributed by atoms with Gasteiger partial charge in [-0.25, -0.2) is 0 Å². The second-order valence-electron chi connectivity index (χ2n) is 8.60. The lowest BCUT2D eigenvalue weighted by molar-refractivity contribution is -0.122. The first-order chi connectivity index (χ1) is 15.2. The minimum Gasteiger partial charge on any atom is -0.361 e. The number of hydrogen-bond donors (Lipinski definition) is 3. The lowest BCUT2D eigenvalue weighted by atomic mass is 10.1. The van der Waals surface area contributed by atoms with Crippen LogP contribution >= 0.6 is 24.0 Å². The molecule has 1 aliphatic heterocycles. The second kappa shape index (κ2) is 11.9. The number of amides is 1. The maximum absolute atomic E-state index is 12.1. The molecule has 0 atom stereocenters. The van der Waals surface area contributed by atoms with E-state index in [2.05, 4.69) is 63.7 Å². The maximum Gasteiger partial charge on any atom is 0.234 e. The van der Waals surface area contributed by atoms with Crippen molar-refractivity contribution in [1.29, 1.82) is 0 Å². The quantitative estimate of drug-likeness (QED) is 0.268. The van der Waals surface area contributed by atoms with Crippen molar-refractivity contribution in [3.63, 3.8) is 0 Å². The SMILES string of the molecule is CCNC(=NCCc1c[nH]c2c(CC)cccc12)N1CCN(CC(=O)NC2CC2)CC1.I. The van der Waals surface area contributed by atoms with E-state index in [1.807, 2.05) is 0 Å². The van der Waals surface area contributed by atoms with E-state index < -0.39 is 0 Å². The van der Waals surface area contributed by atoms with Crippen LogP contribution in [0.2, 0.25) is 0 Å². The molecule has 3 N–H and O–H groups in total. The number of rotatable bonds is 8. The van der Waals surface area contributed by atoms with E-state index in [4.69, 9.17) is 4.99 Å². The molecule has 0 bridgehead atoms. The number of aliphatic imine (C=N–C) groups is 1. The van der Waals surface area contributed by atoms with Gasteiger partial charge in [0.15, 0.2) is 5.96 Å². The molecule has 2 aromatic rings. The van der Waals surface area contributed by atoms with Crippen LogP contribution in [-0.4, -0.2) is 78.5 Å². The predicted molar refractivity (Wildman–Crippen MR) is 142 cm³/mol. The number of carbonyl (C=O) groups excluding carboxylic acids is 1. The van der Waals surface area contributed by atoms with Crippen LogP contribution in [0, 0.1) is 0 Å². The number of para-hydroxylation sites is 1. The number of carbonyl (C=O) groups is 1. The Labute approximate surface area is 208 Å². The monoisotopic (exact) mass is 552 g/mol. The molecule has 4 rings (SSSR count). The number of aromatic amines is 1. The summed E-state index contributed by atoms with van der Waals surface area (Å²) in [5, 5.41) is 7.85. The first-order valence-electron chi connectivity index (χ1n) is 11.8. The van der Waals surface area contributed by atoms with E-state index >= 15 is 0 Å². The van der Waals surface area contributed by atoms with Gasteiger partial charge in [-0.15, -0.1) is 24.0 Å². The largest absolute Gasteiger partial charge is 0.361 e. The summed E-state index contributed by atoms with van der Waals surface area (Å²) in [6.07, 6.45) is 6.37. The zero-order valence-corrected chi connectivity index (χ0v) is 21.7. The van der Waals surface area contributed by atoms with Crippen molar-refractivity contribution in [1.82, 2.24) is 25.4 Å². The smallest absolute Gasteiger partial charge is 0.234 e. The first-order valence-corrected chi connectivity index (χ1v) is 11.8. The van der Waals surface area contributed by atoms with Gasteiger partial charge in [0.2, 0.25) is 5.91 Å². The lowest BCUT2D eigenvalue weighted by Gasteiger charge is -2.36. The van der Waals surface area contributed by atoms with Gasteiger partial charge in [-0.3, -0.25) is 14.7 Å². The standard InChI is InChI=1S/C24H36N6O.HI/c1-3-18-6-5-7-21-19(16-27-23(18)21)10-11-26-24(25-4-2)30-14-12-29(13-15-30)17-22(31)28-20-8-9-20;/h5-7,16,20,27H,3-4,8-15,17H2,1-2H3,(H,25,26)(H,28,31);1H. The summed E-state index contributed by atoms with van der Waals surface area (Å²) in [5.41, 5.74) is 3.96. The summed E-state index contributed by atoms with van der Waals surface area (Å²) in [5.74, 6) is 1.15. The van der Waals surface area contributed by atoms with Crippen LogP contribution in [-0.2, 0) is 17.6 Å². The fourth-order valence-electron chi connectivity index (χ4n) is 4.31. The normalized spacial score (nSPS) is 17.3. The van der Waals surface area contributed by atoms with Crippen LogP contribution in [0.4, 0.5) is 0 Å². The summed E-state index contributed by atoms with van der Waals surface area (Å²) < 4.78 is 0. The van der Waals surface area contributed by atoms with Gasteiger partial charge in [0, 0.05) is 62.4 Å². The van der Waals surface area contributed by atoms with Crippen molar-refractivity contribution < 1.29 is 4.79 Å². The number of nitrogens with one attached hydrogen (secondary N) is 3. The number of benzene rings is 1. The molecule has 1 aromatic heterocycles. The highest BCUT2D eigenvalue weighted by Gasteiger charge is 2.25. The zero-order chi connectivity index (χ0) is 21.6. The van der Waals surface area contributed by atoms with E-state index in [1.165, 1.54) is 22.0 Å². The van der Waals surface area contributed by atoms with E-state index in [9.17, 15) is 4.79 Å². The predicted octanol–water partition coefficient (Wildman–Crippen LogP) is 2.75. The number of guanidine groups is 1. The lowest BCUT2D eigenvalue weighted by Crippen LogP contribution is -2.54. The molecular weight excluding hydrogens is 515 g/mol. The van der Waals surface area contributed by atoms with E-state index in [1.54, 1.807) is 0 Å². The van der Waals surface area contributed by atoms with Crippen LogP contribution < -0.4 is 10.6 Å². The highest BCUT2D eigenvalue weighted by atomic mass is 127.